The van der Waals surface area contributed by atoms with Crippen LogP contribution in [0.4, 0.5) is 0 Å². The molecule has 0 saturated heterocycles. The van der Waals surface area contributed by atoms with Crippen LogP contribution in [-0.2, 0) is 9.47 Å². The van der Waals surface area contributed by atoms with Crippen molar-refractivity contribution in [3.8, 4) is 0 Å². The Hall–Kier alpha value is 0.880. The average molecular weight is 276 g/mol. The fourth-order valence-corrected chi connectivity index (χ4v) is 1.13. The summed E-state index contributed by atoms with van der Waals surface area (Å²) in [5.41, 5.74) is 0. The minimum Gasteiger partial charge on any atom is -0.351 e. The van der Waals surface area contributed by atoms with Gasteiger partial charge in [-0.3, -0.25) is 0 Å². The van der Waals surface area contributed by atoms with Crippen LogP contribution in [-0.4, -0.2) is 23.2 Å². The normalized spacial score (nSPS) is 11.4. The van der Waals surface area contributed by atoms with Gasteiger partial charge in [0.25, 0.3) is 0 Å². The lowest BCUT2D eigenvalue weighted by Crippen LogP contribution is -2.23. The van der Waals surface area contributed by atoms with Gasteiger partial charge in [0.05, 0.1) is 0 Å². The molecule has 0 rings (SSSR count). The van der Waals surface area contributed by atoms with Gasteiger partial charge in [0.1, 0.15) is 3.74 Å². The molecule has 0 atom stereocenters. The van der Waals surface area contributed by atoms with Gasteiger partial charge in [-0.05, 0) is 13.8 Å². The maximum atomic E-state index is 5.23. The van der Waals surface area contributed by atoms with Gasteiger partial charge in [0.2, 0.25) is 0 Å². The number of halogens is 2. The van der Waals surface area contributed by atoms with E-state index in [1.807, 2.05) is 13.8 Å². The molecule has 0 aromatic heterocycles. The molecular formula is C6H12Br2O2. The summed E-state index contributed by atoms with van der Waals surface area (Å²) < 4.78 is 10.5. The van der Waals surface area contributed by atoms with Crippen LogP contribution >= 0.6 is 31.9 Å². The van der Waals surface area contributed by atoms with E-state index >= 15 is 0 Å². The average Bonchev–Trinajstić information content (AvgIpc) is 1.87. The number of hydrogen-bond donors (Lipinski definition) is 0. The summed E-state index contributed by atoms with van der Waals surface area (Å²) in [6.45, 7) is 5.21. The van der Waals surface area contributed by atoms with Crippen molar-refractivity contribution in [2.45, 2.75) is 23.9 Å². The van der Waals surface area contributed by atoms with Crippen LogP contribution < -0.4 is 0 Å². The van der Waals surface area contributed by atoms with Crippen LogP contribution in [0.25, 0.3) is 0 Å². The van der Waals surface area contributed by atoms with Crippen molar-refractivity contribution in [1.82, 2.24) is 0 Å². The quantitative estimate of drug-likeness (QED) is 0.567. The molecule has 0 bridgehead atoms. The first-order chi connectivity index (χ1) is 4.72. The van der Waals surface area contributed by atoms with E-state index < -0.39 is 0 Å². The Morgan fingerprint density at radius 3 is 1.70 bits per heavy atom. The van der Waals surface area contributed by atoms with E-state index in [2.05, 4.69) is 31.9 Å². The molecule has 0 heterocycles. The number of rotatable bonds is 5. The first-order valence-corrected chi connectivity index (χ1v) is 5.06. The summed E-state index contributed by atoms with van der Waals surface area (Å²) in [6.07, 6.45) is -0.185. The highest BCUT2D eigenvalue weighted by Crippen LogP contribution is 2.16. The maximum Gasteiger partial charge on any atom is 0.179 e. The second-order valence-electron chi connectivity index (χ2n) is 1.61. The number of alkyl halides is 2. The van der Waals surface area contributed by atoms with Gasteiger partial charge in [-0.1, -0.05) is 31.9 Å². The molecule has 0 radical (unpaired) electrons. The van der Waals surface area contributed by atoms with Gasteiger partial charge >= 0.3 is 0 Å². The molecule has 0 unspecified atom stereocenters. The summed E-state index contributed by atoms with van der Waals surface area (Å²) in [5.74, 6) is 0. The molecule has 0 aliphatic carbocycles. The lowest BCUT2D eigenvalue weighted by molar-refractivity contribution is -0.123. The highest BCUT2D eigenvalue weighted by atomic mass is 79.9. The van der Waals surface area contributed by atoms with Crippen LogP contribution in [0, 0.1) is 0 Å². The zero-order valence-electron chi connectivity index (χ0n) is 6.14. The smallest absolute Gasteiger partial charge is 0.179 e. The molecule has 0 aromatic carbocycles. The largest absolute Gasteiger partial charge is 0.351 e. The van der Waals surface area contributed by atoms with Gasteiger partial charge < -0.3 is 9.47 Å². The second kappa shape index (κ2) is 6.58. The van der Waals surface area contributed by atoms with Crippen LogP contribution in [0.2, 0.25) is 0 Å². The van der Waals surface area contributed by atoms with E-state index in [4.69, 9.17) is 9.47 Å². The Morgan fingerprint density at radius 1 is 1.10 bits per heavy atom. The zero-order chi connectivity index (χ0) is 7.98. The topological polar surface area (TPSA) is 18.5 Å². The predicted octanol–water partition coefficient (Wildman–Crippen LogP) is 2.50. The molecular weight excluding hydrogens is 264 g/mol. The third-order valence-corrected chi connectivity index (χ3v) is 1.73. The Balaban J connectivity index is 3.50. The summed E-state index contributed by atoms with van der Waals surface area (Å²) in [4.78, 5) is 0. The minimum atomic E-state index is -0.185. The van der Waals surface area contributed by atoms with Gasteiger partial charge in [0, 0.05) is 13.2 Å². The van der Waals surface area contributed by atoms with E-state index in [0.717, 1.165) is 0 Å². The molecule has 0 aliphatic rings. The Morgan fingerprint density at radius 2 is 1.50 bits per heavy atom. The monoisotopic (exact) mass is 274 g/mol. The molecule has 0 aromatic rings. The van der Waals surface area contributed by atoms with Crippen molar-refractivity contribution in [2.24, 2.45) is 0 Å². The Bertz CT molecular complexity index is 72.1. The van der Waals surface area contributed by atoms with Crippen molar-refractivity contribution in [3.05, 3.63) is 0 Å². The summed E-state index contributed by atoms with van der Waals surface area (Å²) >= 11 is 6.62. The van der Waals surface area contributed by atoms with Crippen molar-refractivity contribution >= 4 is 31.9 Å². The molecule has 4 heteroatoms. The molecule has 0 saturated carbocycles. The molecule has 2 nitrogen and oxygen atoms in total. The van der Waals surface area contributed by atoms with E-state index in [9.17, 15) is 0 Å². The van der Waals surface area contributed by atoms with Gasteiger partial charge in [-0.2, -0.15) is 0 Å². The Kier molecular flexibility index (Phi) is 7.16. The fourth-order valence-electron chi connectivity index (χ4n) is 0.522. The van der Waals surface area contributed by atoms with E-state index in [1.165, 1.54) is 0 Å². The lowest BCUT2D eigenvalue weighted by atomic mass is 10.7. The van der Waals surface area contributed by atoms with Crippen LogP contribution in [0.1, 0.15) is 13.8 Å². The first-order valence-electron chi connectivity index (χ1n) is 3.23. The predicted molar refractivity (Wildman–Crippen MR) is 48.7 cm³/mol. The summed E-state index contributed by atoms with van der Waals surface area (Å²) in [7, 11) is 0. The van der Waals surface area contributed by atoms with Crippen molar-refractivity contribution in [3.63, 3.8) is 0 Å². The highest BCUT2D eigenvalue weighted by Gasteiger charge is 2.14. The van der Waals surface area contributed by atoms with Crippen LogP contribution in [0.5, 0.6) is 0 Å². The highest BCUT2D eigenvalue weighted by molar-refractivity contribution is 9.24. The van der Waals surface area contributed by atoms with Gasteiger partial charge in [-0.25, -0.2) is 0 Å². The van der Waals surface area contributed by atoms with Crippen molar-refractivity contribution in [1.29, 1.82) is 0 Å². The first kappa shape index (κ1) is 10.9. The molecule has 0 fully saturated rings. The van der Waals surface area contributed by atoms with E-state index in [1.54, 1.807) is 0 Å². The van der Waals surface area contributed by atoms with E-state index in [0.29, 0.717) is 13.2 Å². The Labute approximate surface area is 78.5 Å². The maximum absolute atomic E-state index is 5.23. The van der Waals surface area contributed by atoms with Crippen molar-refractivity contribution in [2.75, 3.05) is 13.2 Å². The van der Waals surface area contributed by atoms with Gasteiger partial charge in [-0.15, -0.1) is 0 Å². The SMILES string of the molecule is CCOC(OCC)C(Br)Br. The van der Waals surface area contributed by atoms with Crippen LogP contribution in [0.3, 0.4) is 0 Å². The van der Waals surface area contributed by atoms with Crippen molar-refractivity contribution < 1.29 is 9.47 Å². The summed E-state index contributed by atoms with van der Waals surface area (Å²) in [6, 6.07) is 0. The number of ether oxygens (including phenoxy) is 2. The molecule has 62 valence electrons. The summed E-state index contributed by atoms with van der Waals surface area (Å²) in [5, 5.41) is 0. The fraction of sp³-hybridized carbons (Fsp3) is 1.00. The standard InChI is InChI=1S/C6H12Br2O2/c1-3-9-6(5(7)8)10-4-2/h5-6H,3-4H2,1-2H3. The van der Waals surface area contributed by atoms with Crippen LogP contribution in [0.15, 0.2) is 0 Å². The number of hydrogen-bond acceptors (Lipinski definition) is 2. The molecule has 0 amide bonds. The molecule has 0 N–H and O–H groups in total. The molecule has 0 aliphatic heterocycles. The zero-order valence-corrected chi connectivity index (χ0v) is 9.31. The molecule has 10 heavy (non-hydrogen) atoms. The minimum absolute atomic E-state index is 0.0694. The van der Waals surface area contributed by atoms with Gasteiger partial charge in [0.15, 0.2) is 6.29 Å². The lowest BCUT2D eigenvalue weighted by Gasteiger charge is -2.17. The van der Waals surface area contributed by atoms with E-state index in [-0.39, 0.29) is 10.0 Å². The third kappa shape index (κ3) is 4.66. The second-order valence-corrected chi connectivity index (χ2v) is 4.82. The third-order valence-electron chi connectivity index (χ3n) is 0.868. The molecule has 0 spiro atoms.